The van der Waals surface area contributed by atoms with Crippen molar-refractivity contribution in [2.24, 2.45) is 5.92 Å². The van der Waals surface area contributed by atoms with Gasteiger partial charge in [0.25, 0.3) is 0 Å². The minimum absolute atomic E-state index is 0.103. The third-order valence-electron chi connectivity index (χ3n) is 17.9. The van der Waals surface area contributed by atoms with Gasteiger partial charge >= 0.3 is 39.5 Å². The van der Waals surface area contributed by atoms with Gasteiger partial charge in [0, 0.05) is 25.7 Å². The van der Waals surface area contributed by atoms with Crippen molar-refractivity contribution >= 4 is 39.5 Å². The number of esters is 4. The number of carbonyl (C=O) groups is 4. The van der Waals surface area contributed by atoms with Crippen molar-refractivity contribution in [3.05, 3.63) is 0 Å². The summed E-state index contributed by atoms with van der Waals surface area (Å²) in [6, 6.07) is 0. The molecule has 0 spiro atoms. The van der Waals surface area contributed by atoms with Gasteiger partial charge < -0.3 is 33.8 Å². The van der Waals surface area contributed by atoms with Gasteiger partial charge in [0.15, 0.2) is 12.2 Å². The van der Waals surface area contributed by atoms with E-state index in [1.807, 2.05) is 0 Å². The molecule has 0 aliphatic carbocycles. The smallest absolute Gasteiger partial charge is 0.462 e. The first-order valence-corrected chi connectivity index (χ1v) is 42.2. The molecule has 0 saturated carbocycles. The first-order valence-electron chi connectivity index (χ1n) is 39.2. The fourth-order valence-electron chi connectivity index (χ4n) is 11.5. The van der Waals surface area contributed by atoms with Crippen molar-refractivity contribution < 1.29 is 80.2 Å². The van der Waals surface area contributed by atoms with E-state index in [4.69, 9.17) is 37.0 Å². The molecular weight excluding hydrogens is 1230 g/mol. The molecule has 0 rings (SSSR count). The number of aliphatic hydroxyl groups is 1. The highest BCUT2D eigenvalue weighted by molar-refractivity contribution is 7.47. The van der Waals surface area contributed by atoms with E-state index in [1.54, 1.807) is 0 Å². The predicted molar refractivity (Wildman–Crippen MR) is 382 cm³/mol. The van der Waals surface area contributed by atoms with E-state index in [1.165, 1.54) is 199 Å². The summed E-state index contributed by atoms with van der Waals surface area (Å²) >= 11 is 0. The number of unbranched alkanes of at least 4 members (excludes halogenated alkanes) is 46. The Hall–Kier alpha value is -1.94. The molecule has 0 radical (unpaired) electrons. The second-order valence-corrected chi connectivity index (χ2v) is 30.2. The van der Waals surface area contributed by atoms with Gasteiger partial charge in [-0.05, 0) is 31.6 Å². The molecule has 3 N–H and O–H groups in total. The maximum Gasteiger partial charge on any atom is 0.472 e. The zero-order valence-corrected chi connectivity index (χ0v) is 62.9. The molecule has 0 amide bonds. The van der Waals surface area contributed by atoms with E-state index < -0.39 is 97.5 Å². The van der Waals surface area contributed by atoms with Crippen LogP contribution in [-0.2, 0) is 65.4 Å². The standard InChI is InChI=1S/C75H146O17P2/c1-6-10-13-16-18-19-20-21-22-23-24-25-29-32-35-38-41-45-49-54-59-73(78)86-65-71(92-75(80)61-56-51-46-42-39-36-33-30-27-26-28-31-34-37-40-44-48-52-57-68(5)9-4)67-90-94(83,84)88-63-69(76)62-87-93(81,82)89-66-70(64-85-72(77)58-53-47-15-12-8-3)91-74(79)60-55-50-43-17-14-11-7-2/h68-71,76H,6-67H2,1-5H3,(H,81,82)(H,83,84)/t68?,69-,70+,71+/m0/s1. The molecule has 94 heavy (non-hydrogen) atoms. The summed E-state index contributed by atoms with van der Waals surface area (Å²) in [6.45, 7) is 7.20. The normalized spacial score (nSPS) is 14.3. The van der Waals surface area contributed by atoms with Crippen molar-refractivity contribution in [3.8, 4) is 0 Å². The number of phosphoric ester groups is 2. The fourth-order valence-corrected chi connectivity index (χ4v) is 13.1. The van der Waals surface area contributed by atoms with E-state index in [0.29, 0.717) is 25.7 Å². The lowest BCUT2D eigenvalue weighted by atomic mass is 9.99. The number of hydrogen-bond donors (Lipinski definition) is 3. The van der Waals surface area contributed by atoms with Crippen LogP contribution in [0.3, 0.4) is 0 Å². The number of aliphatic hydroxyl groups excluding tert-OH is 1. The Labute approximate surface area is 575 Å². The van der Waals surface area contributed by atoms with Crippen LogP contribution in [0.25, 0.3) is 0 Å². The summed E-state index contributed by atoms with van der Waals surface area (Å²) < 4.78 is 68.0. The van der Waals surface area contributed by atoms with E-state index in [9.17, 15) is 43.2 Å². The maximum atomic E-state index is 13.1. The predicted octanol–water partition coefficient (Wildman–Crippen LogP) is 22.1. The molecule has 0 aliphatic rings. The van der Waals surface area contributed by atoms with Crippen LogP contribution >= 0.6 is 15.6 Å². The first-order chi connectivity index (χ1) is 45.6. The average molecular weight is 1380 g/mol. The highest BCUT2D eigenvalue weighted by atomic mass is 31.2. The molecule has 0 aliphatic heterocycles. The van der Waals surface area contributed by atoms with Crippen LogP contribution in [0.4, 0.5) is 0 Å². The van der Waals surface area contributed by atoms with Crippen LogP contribution in [0.1, 0.15) is 394 Å². The monoisotopic (exact) mass is 1380 g/mol. The third kappa shape index (κ3) is 67.3. The highest BCUT2D eigenvalue weighted by Gasteiger charge is 2.30. The van der Waals surface area contributed by atoms with Gasteiger partial charge in [-0.25, -0.2) is 9.13 Å². The number of carbonyl (C=O) groups excluding carboxylic acids is 4. The van der Waals surface area contributed by atoms with Crippen LogP contribution in [0.15, 0.2) is 0 Å². The van der Waals surface area contributed by atoms with Crippen molar-refractivity contribution in [2.45, 2.75) is 412 Å². The summed E-state index contributed by atoms with van der Waals surface area (Å²) in [5.74, 6) is -1.26. The van der Waals surface area contributed by atoms with E-state index in [2.05, 4.69) is 34.6 Å². The van der Waals surface area contributed by atoms with Gasteiger partial charge in [-0.15, -0.1) is 0 Å². The largest absolute Gasteiger partial charge is 0.472 e. The molecular formula is C75H146O17P2. The quantitative estimate of drug-likeness (QED) is 0.0222. The van der Waals surface area contributed by atoms with Crippen molar-refractivity contribution in [1.29, 1.82) is 0 Å². The third-order valence-corrected chi connectivity index (χ3v) is 19.8. The minimum Gasteiger partial charge on any atom is -0.462 e. The summed E-state index contributed by atoms with van der Waals surface area (Å²) in [4.78, 5) is 72.2. The summed E-state index contributed by atoms with van der Waals surface area (Å²) in [7, 11) is -9.89. The fraction of sp³-hybridized carbons (Fsp3) is 0.947. The van der Waals surface area contributed by atoms with Crippen LogP contribution in [0, 0.1) is 5.92 Å². The number of hydrogen-bond acceptors (Lipinski definition) is 15. The Morgan fingerprint density at radius 3 is 0.755 bits per heavy atom. The highest BCUT2D eigenvalue weighted by Crippen LogP contribution is 2.45. The Bertz CT molecular complexity index is 1810. The van der Waals surface area contributed by atoms with Gasteiger partial charge in [0.2, 0.25) is 0 Å². The van der Waals surface area contributed by atoms with Gasteiger partial charge in [-0.2, -0.15) is 0 Å². The molecule has 0 fully saturated rings. The van der Waals surface area contributed by atoms with E-state index in [-0.39, 0.29) is 25.7 Å². The van der Waals surface area contributed by atoms with Gasteiger partial charge in [0.05, 0.1) is 26.4 Å². The lowest BCUT2D eigenvalue weighted by molar-refractivity contribution is -0.161. The molecule has 3 unspecified atom stereocenters. The topological polar surface area (TPSA) is 237 Å². The zero-order valence-electron chi connectivity index (χ0n) is 61.1. The molecule has 558 valence electrons. The SMILES string of the molecule is CCCCCCCCCCCCCCCCCCCCCCC(=O)OC[C@H](COP(=O)(O)OC[C@@H](O)COP(=O)(O)OC[C@@H](COC(=O)CCCCCCC)OC(=O)CCCCCCCCC)OC(=O)CCCCCCCCCCCCCCCCCCCCC(C)CC. The molecule has 0 aromatic heterocycles. The first kappa shape index (κ1) is 92.1. The molecule has 0 saturated heterocycles. The molecule has 17 nitrogen and oxygen atoms in total. The van der Waals surface area contributed by atoms with Crippen molar-refractivity contribution in [3.63, 3.8) is 0 Å². The second kappa shape index (κ2) is 68.2. The minimum atomic E-state index is -4.95. The molecule has 0 aromatic carbocycles. The lowest BCUT2D eigenvalue weighted by Gasteiger charge is -2.21. The Balaban J connectivity index is 5.05. The number of ether oxygens (including phenoxy) is 4. The Kier molecular flexibility index (Phi) is 66.8. The zero-order chi connectivity index (χ0) is 69.1. The molecule has 0 aromatic rings. The number of rotatable bonds is 75. The molecule has 0 heterocycles. The average Bonchev–Trinajstić information content (AvgIpc) is 1.44. The Morgan fingerprint density at radius 2 is 0.511 bits per heavy atom. The molecule has 19 heteroatoms. The molecule has 6 atom stereocenters. The van der Waals surface area contributed by atoms with Crippen LogP contribution < -0.4 is 0 Å². The number of phosphoric acid groups is 2. The van der Waals surface area contributed by atoms with Crippen LogP contribution in [-0.4, -0.2) is 96.7 Å². The summed E-state index contributed by atoms with van der Waals surface area (Å²) in [5, 5.41) is 10.6. The van der Waals surface area contributed by atoms with Gasteiger partial charge in [0.1, 0.15) is 19.3 Å². The van der Waals surface area contributed by atoms with Gasteiger partial charge in [-0.1, -0.05) is 343 Å². The second-order valence-electron chi connectivity index (χ2n) is 27.3. The molecule has 0 bridgehead atoms. The lowest BCUT2D eigenvalue weighted by Crippen LogP contribution is -2.30. The van der Waals surface area contributed by atoms with Crippen LogP contribution in [0.2, 0.25) is 0 Å². The summed E-state index contributed by atoms with van der Waals surface area (Å²) in [6.07, 6.45) is 57.7. The maximum absolute atomic E-state index is 13.1. The summed E-state index contributed by atoms with van der Waals surface area (Å²) in [5.41, 5.74) is 0. The van der Waals surface area contributed by atoms with Crippen LogP contribution in [0.5, 0.6) is 0 Å². The van der Waals surface area contributed by atoms with E-state index in [0.717, 1.165) is 115 Å². The van der Waals surface area contributed by atoms with Crippen molar-refractivity contribution in [2.75, 3.05) is 39.6 Å². The Morgan fingerprint density at radius 1 is 0.298 bits per heavy atom. The van der Waals surface area contributed by atoms with Crippen molar-refractivity contribution in [1.82, 2.24) is 0 Å². The van der Waals surface area contributed by atoms with E-state index >= 15 is 0 Å². The van der Waals surface area contributed by atoms with Gasteiger partial charge in [-0.3, -0.25) is 37.3 Å².